The van der Waals surface area contributed by atoms with Crippen LogP contribution in [-0.2, 0) is 9.47 Å². The van der Waals surface area contributed by atoms with Gasteiger partial charge in [-0.3, -0.25) is 0 Å². The van der Waals surface area contributed by atoms with E-state index in [1.165, 1.54) is 25.7 Å². The molecule has 0 bridgehead atoms. The third-order valence-electron chi connectivity index (χ3n) is 2.38. The third-order valence-corrected chi connectivity index (χ3v) is 2.38. The highest BCUT2D eigenvalue weighted by Gasteiger charge is 2.08. The molecule has 0 saturated carbocycles. The molecule has 3 nitrogen and oxygen atoms in total. The van der Waals surface area contributed by atoms with Crippen molar-refractivity contribution in [3.05, 3.63) is 0 Å². The van der Waals surface area contributed by atoms with E-state index in [-0.39, 0.29) is 6.29 Å². The van der Waals surface area contributed by atoms with Crippen LogP contribution in [0.15, 0.2) is 0 Å². The first kappa shape index (κ1) is 13.9. The van der Waals surface area contributed by atoms with Gasteiger partial charge in [-0.25, -0.2) is 0 Å². The molecule has 0 aromatic heterocycles. The fourth-order valence-electron chi connectivity index (χ4n) is 1.40. The molecule has 0 fully saturated rings. The minimum Gasteiger partial charge on any atom is -0.355 e. The van der Waals surface area contributed by atoms with E-state index in [0.29, 0.717) is 0 Å². The number of rotatable bonds is 9. The zero-order valence-corrected chi connectivity index (χ0v) is 10.1. The van der Waals surface area contributed by atoms with Crippen LogP contribution in [0.25, 0.3) is 0 Å². The predicted molar refractivity (Wildman–Crippen MR) is 59.4 cm³/mol. The van der Waals surface area contributed by atoms with Crippen LogP contribution in [0, 0.1) is 0 Å². The average molecular weight is 203 g/mol. The smallest absolute Gasteiger partial charge is 0.169 e. The standard InChI is InChI=1S/C11H25NO2/c1-5-6-7-8-9-12(2)10-11(13-3)14-4/h11H,5-10H2,1-4H3. The van der Waals surface area contributed by atoms with Gasteiger partial charge in [0.25, 0.3) is 0 Å². The molecule has 0 heterocycles. The highest BCUT2D eigenvalue weighted by molar-refractivity contribution is 4.54. The number of likely N-dealkylation sites (N-methyl/N-ethyl adjacent to an activating group) is 1. The van der Waals surface area contributed by atoms with Gasteiger partial charge in [-0.15, -0.1) is 0 Å². The zero-order valence-electron chi connectivity index (χ0n) is 10.1. The Morgan fingerprint density at radius 1 is 1.07 bits per heavy atom. The molecule has 0 rings (SSSR count). The molecule has 0 aromatic carbocycles. The van der Waals surface area contributed by atoms with Gasteiger partial charge in [0.2, 0.25) is 0 Å². The third kappa shape index (κ3) is 7.30. The van der Waals surface area contributed by atoms with Gasteiger partial charge in [0.05, 0.1) is 0 Å². The van der Waals surface area contributed by atoms with Crippen molar-refractivity contribution in [2.24, 2.45) is 0 Å². The number of hydrogen-bond donors (Lipinski definition) is 0. The summed E-state index contributed by atoms with van der Waals surface area (Å²) in [6, 6.07) is 0. The van der Waals surface area contributed by atoms with E-state index >= 15 is 0 Å². The summed E-state index contributed by atoms with van der Waals surface area (Å²) in [4.78, 5) is 2.26. The highest BCUT2D eigenvalue weighted by Crippen LogP contribution is 2.01. The van der Waals surface area contributed by atoms with Crippen LogP contribution >= 0.6 is 0 Å². The predicted octanol–water partition coefficient (Wildman–Crippen LogP) is 2.12. The van der Waals surface area contributed by atoms with E-state index in [4.69, 9.17) is 9.47 Å². The van der Waals surface area contributed by atoms with E-state index in [1.807, 2.05) is 0 Å². The summed E-state index contributed by atoms with van der Waals surface area (Å²) in [5.74, 6) is 0. The lowest BCUT2D eigenvalue weighted by atomic mass is 10.2. The van der Waals surface area contributed by atoms with Gasteiger partial charge in [-0.1, -0.05) is 26.2 Å². The Bertz CT molecular complexity index is 116. The van der Waals surface area contributed by atoms with E-state index in [1.54, 1.807) is 14.2 Å². The minimum absolute atomic E-state index is 0.0915. The van der Waals surface area contributed by atoms with E-state index in [2.05, 4.69) is 18.9 Å². The second-order valence-electron chi connectivity index (χ2n) is 3.72. The molecule has 0 N–H and O–H groups in total. The van der Waals surface area contributed by atoms with Crippen molar-refractivity contribution < 1.29 is 9.47 Å². The lowest BCUT2D eigenvalue weighted by Gasteiger charge is -2.21. The zero-order chi connectivity index (χ0) is 10.8. The highest BCUT2D eigenvalue weighted by atomic mass is 16.7. The molecule has 0 aliphatic carbocycles. The fraction of sp³-hybridized carbons (Fsp3) is 1.00. The van der Waals surface area contributed by atoms with Gasteiger partial charge >= 0.3 is 0 Å². The second kappa shape index (κ2) is 9.44. The quantitative estimate of drug-likeness (QED) is 0.423. The number of hydrogen-bond acceptors (Lipinski definition) is 3. The Balaban J connectivity index is 3.38. The molecule has 0 spiro atoms. The topological polar surface area (TPSA) is 21.7 Å². The molecule has 0 aromatic rings. The Morgan fingerprint density at radius 3 is 2.21 bits per heavy atom. The van der Waals surface area contributed by atoms with Crippen LogP contribution in [0.4, 0.5) is 0 Å². The summed E-state index contributed by atoms with van der Waals surface area (Å²) in [5, 5.41) is 0. The van der Waals surface area contributed by atoms with Crippen molar-refractivity contribution in [1.82, 2.24) is 4.90 Å². The van der Waals surface area contributed by atoms with Gasteiger partial charge in [0, 0.05) is 20.8 Å². The summed E-state index contributed by atoms with van der Waals surface area (Å²) < 4.78 is 10.3. The largest absolute Gasteiger partial charge is 0.355 e. The Hall–Kier alpha value is -0.120. The maximum absolute atomic E-state index is 5.13. The van der Waals surface area contributed by atoms with Crippen molar-refractivity contribution in [3.63, 3.8) is 0 Å². The SMILES string of the molecule is CCCCCCN(C)CC(OC)OC. The monoisotopic (exact) mass is 203 g/mol. The Labute approximate surface area is 88.4 Å². The Morgan fingerprint density at radius 2 is 1.71 bits per heavy atom. The minimum atomic E-state index is -0.0915. The first-order chi connectivity index (χ1) is 6.74. The van der Waals surface area contributed by atoms with Crippen molar-refractivity contribution in [2.75, 3.05) is 34.4 Å². The summed E-state index contributed by atoms with van der Waals surface area (Å²) in [5.41, 5.74) is 0. The van der Waals surface area contributed by atoms with Crippen LogP contribution in [0.2, 0.25) is 0 Å². The molecule has 0 aliphatic rings. The summed E-state index contributed by atoms with van der Waals surface area (Å²) in [7, 11) is 5.47. The molecule has 0 amide bonds. The fourth-order valence-corrected chi connectivity index (χ4v) is 1.40. The molecule has 86 valence electrons. The van der Waals surface area contributed by atoms with Gasteiger partial charge in [-0.2, -0.15) is 0 Å². The van der Waals surface area contributed by atoms with E-state index < -0.39 is 0 Å². The lowest BCUT2D eigenvalue weighted by molar-refractivity contribution is -0.113. The molecular weight excluding hydrogens is 178 g/mol. The summed E-state index contributed by atoms with van der Waals surface area (Å²) in [6.07, 6.45) is 5.13. The summed E-state index contributed by atoms with van der Waals surface area (Å²) in [6.45, 7) is 4.21. The molecule has 14 heavy (non-hydrogen) atoms. The number of unbranched alkanes of at least 4 members (excludes halogenated alkanes) is 3. The second-order valence-corrected chi connectivity index (χ2v) is 3.72. The van der Waals surface area contributed by atoms with Gasteiger partial charge in [0.1, 0.15) is 0 Å². The van der Waals surface area contributed by atoms with E-state index in [0.717, 1.165) is 13.1 Å². The van der Waals surface area contributed by atoms with Crippen LogP contribution < -0.4 is 0 Å². The van der Waals surface area contributed by atoms with Crippen molar-refractivity contribution in [3.8, 4) is 0 Å². The van der Waals surface area contributed by atoms with Crippen molar-refractivity contribution in [2.45, 2.75) is 38.9 Å². The molecule has 0 radical (unpaired) electrons. The number of nitrogens with zero attached hydrogens (tertiary/aromatic N) is 1. The Kier molecular flexibility index (Phi) is 9.35. The first-order valence-electron chi connectivity index (χ1n) is 5.48. The van der Waals surface area contributed by atoms with Crippen LogP contribution in [-0.4, -0.2) is 45.5 Å². The van der Waals surface area contributed by atoms with Crippen LogP contribution in [0.3, 0.4) is 0 Å². The van der Waals surface area contributed by atoms with Crippen molar-refractivity contribution >= 4 is 0 Å². The van der Waals surface area contributed by atoms with Crippen LogP contribution in [0.5, 0.6) is 0 Å². The maximum Gasteiger partial charge on any atom is 0.169 e. The average Bonchev–Trinajstić information content (AvgIpc) is 2.21. The number of ether oxygens (including phenoxy) is 2. The lowest BCUT2D eigenvalue weighted by Crippen LogP contribution is -2.32. The van der Waals surface area contributed by atoms with Gasteiger partial charge in [-0.05, 0) is 20.0 Å². The van der Waals surface area contributed by atoms with E-state index in [9.17, 15) is 0 Å². The molecule has 0 saturated heterocycles. The first-order valence-corrected chi connectivity index (χ1v) is 5.48. The van der Waals surface area contributed by atoms with Gasteiger partial charge < -0.3 is 14.4 Å². The molecular formula is C11H25NO2. The normalized spacial score (nSPS) is 11.6. The summed E-state index contributed by atoms with van der Waals surface area (Å²) >= 11 is 0. The molecule has 3 heteroatoms. The number of methoxy groups -OCH3 is 2. The maximum atomic E-state index is 5.13. The molecule has 0 atom stereocenters. The van der Waals surface area contributed by atoms with Gasteiger partial charge in [0.15, 0.2) is 6.29 Å². The van der Waals surface area contributed by atoms with Crippen LogP contribution in [0.1, 0.15) is 32.6 Å². The van der Waals surface area contributed by atoms with Crippen molar-refractivity contribution in [1.29, 1.82) is 0 Å². The molecule has 0 unspecified atom stereocenters. The molecule has 0 aliphatic heterocycles.